The van der Waals surface area contributed by atoms with E-state index in [9.17, 15) is 9.59 Å². The highest BCUT2D eigenvalue weighted by molar-refractivity contribution is 6.31. The molecule has 1 aliphatic carbocycles. The third-order valence-electron chi connectivity index (χ3n) is 4.62. The maximum absolute atomic E-state index is 12.8. The Bertz CT molecular complexity index is 721. The summed E-state index contributed by atoms with van der Waals surface area (Å²) in [6.45, 7) is 3.07. The number of hydrogen-bond acceptors (Lipinski definition) is 4. The summed E-state index contributed by atoms with van der Waals surface area (Å²) in [6, 6.07) is 5.04. The molecule has 0 heterocycles. The van der Waals surface area contributed by atoms with Crippen LogP contribution in [0.1, 0.15) is 39.0 Å². The Labute approximate surface area is 172 Å². The third-order valence-corrected chi connectivity index (χ3v) is 4.85. The standard InChI is InChI=1S/C21H30ClN3O3/c1-4-12-25(17-8-6-5-7-9-17)21(27)15-24(2)14-20(26)23-18-13-16(22)10-11-19(18)28-3/h8,10-11,13H,4-7,9,12,14-15H2,1-3H3,(H,23,26). The Hall–Kier alpha value is -2.05. The molecule has 0 saturated heterocycles. The molecule has 7 heteroatoms. The number of hydrogen-bond donors (Lipinski definition) is 1. The quantitative estimate of drug-likeness (QED) is 0.674. The van der Waals surface area contributed by atoms with E-state index in [2.05, 4.69) is 18.3 Å². The average Bonchev–Trinajstić information content (AvgIpc) is 2.66. The van der Waals surface area contributed by atoms with E-state index in [1.54, 1.807) is 30.1 Å². The third kappa shape index (κ3) is 6.53. The highest BCUT2D eigenvalue weighted by Crippen LogP contribution is 2.27. The van der Waals surface area contributed by atoms with Crippen LogP contribution >= 0.6 is 11.6 Å². The molecule has 0 fully saturated rings. The largest absolute Gasteiger partial charge is 0.495 e. The predicted molar refractivity (Wildman–Crippen MR) is 113 cm³/mol. The van der Waals surface area contributed by atoms with Gasteiger partial charge in [-0.25, -0.2) is 0 Å². The SMILES string of the molecule is CCCN(C(=O)CN(C)CC(=O)Nc1cc(Cl)ccc1OC)C1=CCCCC1. The van der Waals surface area contributed by atoms with Gasteiger partial charge >= 0.3 is 0 Å². The molecule has 0 atom stereocenters. The average molecular weight is 408 g/mol. The molecule has 0 aliphatic heterocycles. The zero-order valence-electron chi connectivity index (χ0n) is 17.0. The molecule has 28 heavy (non-hydrogen) atoms. The molecule has 0 bridgehead atoms. The van der Waals surface area contributed by atoms with Gasteiger partial charge < -0.3 is 15.0 Å². The van der Waals surface area contributed by atoms with Gasteiger partial charge in [-0.05, 0) is 57.4 Å². The zero-order valence-corrected chi connectivity index (χ0v) is 17.7. The zero-order chi connectivity index (χ0) is 20.5. The molecule has 154 valence electrons. The van der Waals surface area contributed by atoms with E-state index >= 15 is 0 Å². The molecule has 0 aromatic heterocycles. The van der Waals surface area contributed by atoms with Gasteiger partial charge in [0.05, 0.1) is 25.9 Å². The van der Waals surface area contributed by atoms with Crippen molar-refractivity contribution in [3.63, 3.8) is 0 Å². The van der Waals surface area contributed by atoms with Crippen LogP contribution in [0.4, 0.5) is 5.69 Å². The van der Waals surface area contributed by atoms with Gasteiger partial charge in [0.15, 0.2) is 0 Å². The monoisotopic (exact) mass is 407 g/mol. The summed E-state index contributed by atoms with van der Waals surface area (Å²) >= 11 is 6.00. The van der Waals surface area contributed by atoms with Crippen LogP contribution in [-0.4, -0.2) is 55.4 Å². The molecule has 2 amide bonds. The van der Waals surface area contributed by atoms with E-state index in [4.69, 9.17) is 16.3 Å². The van der Waals surface area contributed by atoms with Crippen LogP contribution in [-0.2, 0) is 9.59 Å². The van der Waals surface area contributed by atoms with Crippen LogP contribution in [0.15, 0.2) is 30.0 Å². The molecular formula is C21H30ClN3O3. The van der Waals surface area contributed by atoms with E-state index in [0.29, 0.717) is 23.0 Å². The van der Waals surface area contributed by atoms with E-state index < -0.39 is 0 Å². The fourth-order valence-corrected chi connectivity index (χ4v) is 3.48. The fourth-order valence-electron chi connectivity index (χ4n) is 3.30. The molecule has 0 radical (unpaired) electrons. The number of benzene rings is 1. The number of ether oxygens (including phenoxy) is 1. The van der Waals surface area contributed by atoms with Gasteiger partial charge in [-0.2, -0.15) is 0 Å². The van der Waals surface area contributed by atoms with Crippen molar-refractivity contribution >= 4 is 29.1 Å². The lowest BCUT2D eigenvalue weighted by Crippen LogP contribution is -2.41. The van der Waals surface area contributed by atoms with Gasteiger partial charge in [-0.15, -0.1) is 0 Å². The number of carbonyl (C=O) groups is 2. The Morgan fingerprint density at radius 3 is 2.68 bits per heavy atom. The lowest BCUT2D eigenvalue weighted by molar-refractivity contribution is -0.130. The summed E-state index contributed by atoms with van der Waals surface area (Å²) in [5, 5.41) is 3.31. The van der Waals surface area contributed by atoms with Crippen molar-refractivity contribution in [2.75, 3.05) is 39.1 Å². The van der Waals surface area contributed by atoms with E-state index in [0.717, 1.165) is 31.4 Å². The highest BCUT2D eigenvalue weighted by atomic mass is 35.5. The van der Waals surface area contributed by atoms with E-state index in [1.807, 2.05) is 4.90 Å². The van der Waals surface area contributed by atoms with Crippen molar-refractivity contribution < 1.29 is 14.3 Å². The summed E-state index contributed by atoms with van der Waals surface area (Å²) in [7, 11) is 3.30. The van der Waals surface area contributed by atoms with Crippen molar-refractivity contribution in [2.24, 2.45) is 0 Å². The fraction of sp³-hybridized carbons (Fsp3) is 0.524. The number of methoxy groups -OCH3 is 1. The maximum Gasteiger partial charge on any atom is 0.240 e. The number of halogens is 1. The van der Waals surface area contributed by atoms with Gasteiger partial charge in [-0.3, -0.25) is 14.5 Å². The minimum atomic E-state index is -0.227. The van der Waals surface area contributed by atoms with Crippen molar-refractivity contribution in [3.05, 3.63) is 35.0 Å². The number of amides is 2. The topological polar surface area (TPSA) is 61.9 Å². The van der Waals surface area contributed by atoms with Crippen LogP contribution in [0.2, 0.25) is 5.02 Å². The Morgan fingerprint density at radius 1 is 1.25 bits per heavy atom. The van der Waals surface area contributed by atoms with Crippen LogP contribution in [0.3, 0.4) is 0 Å². The highest BCUT2D eigenvalue weighted by Gasteiger charge is 2.21. The normalized spacial score (nSPS) is 13.8. The maximum atomic E-state index is 12.8. The summed E-state index contributed by atoms with van der Waals surface area (Å²) in [5.74, 6) is 0.343. The first-order valence-corrected chi connectivity index (χ1v) is 10.1. The van der Waals surface area contributed by atoms with E-state index in [-0.39, 0.29) is 24.9 Å². The van der Waals surface area contributed by atoms with Gasteiger partial charge in [-0.1, -0.05) is 24.6 Å². The summed E-state index contributed by atoms with van der Waals surface area (Å²) in [6.07, 6.45) is 7.37. The predicted octanol–water partition coefficient (Wildman–Crippen LogP) is 3.92. The first kappa shape index (κ1) is 22.2. The molecule has 0 saturated carbocycles. The number of likely N-dealkylation sites (N-methyl/N-ethyl adjacent to an activating group) is 1. The van der Waals surface area contributed by atoms with Crippen LogP contribution in [0, 0.1) is 0 Å². The van der Waals surface area contributed by atoms with Crippen molar-refractivity contribution in [1.82, 2.24) is 9.80 Å². The molecule has 0 unspecified atom stereocenters. The summed E-state index contributed by atoms with van der Waals surface area (Å²) in [4.78, 5) is 28.8. The van der Waals surface area contributed by atoms with Crippen LogP contribution in [0.25, 0.3) is 0 Å². The Kier molecular flexibility index (Phi) is 8.80. The van der Waals surface area contributed by atoms with Gasteiger partial charge in [0, 0.05) is 17.3 Å². The summed E-state index contributed by atoms with van der Waals surface area (Å²) in [5.41, 5.74) is 1.64. The van der Waals surface area contributed by atoms with Gasteiger partial charge in [0.25, 0.3) is 0 Å². The van der Waals surface area contributed by atoms with Crippen LogP contribution in [0.5, 0.6) is 5.75 Å². The first-order chi connectivity index (χ1) is 13.4. The molecule has 1 N–H and O–H groups in total. The lowest BCUT2D eigenvalue weighted by Gasteiger charge is -2.29. The smallest absolute Gasteiger partial charge is 0.240 e. The second kappa shape index (κ2) is 11.1. The van der Waals surface area contributed by atoms with E-state index in [1.165, 1.54) is 13.5 Å². The second-order valence-electron chi connectivity index (χ2n) is 7.05. The van der Waals surface area contributed by atoms with Crippen LogP contribution < -0.4 is 10.1 Å². The lowest BCUT2D eigenvalue weighted by atomic mass is 10.0. The molecule has 0 spiro atoms. The summed E-state index contributed by atoms with van der Waals surface area (Å²) < 4.78 is 5.24. The van der Waals surface area contributed by atoms with Crippen molar-refractivity contribution in [1.29, 1.82) is 0 Å². The minimum absolute atomic E-state index is 0.0330. The number of rotatable bonds is 9. The molecule has 6 nitrogen and oxygen atoms in total. The van der Waals surface area contributed by atoms with Crippen molar-refractivity contribution in [2.45, 2.75) is 39.0 Å². The molecule has 1 aliphatic rings. The second-order valence-corrected chi connectivity index (χ2v) is 7.49. The molecular weight excluding hydrogens is 378 g/mol. The van der Waals surface area contributed by atoms with Gasteiger partial charge in [0.2, 0.25) is 11.8 Å². The number of anilines is 1. The first-order valence-electron chi connectivity index (χ1n) is 9.76. The molecule has 2 rings (SSSR count). The number of carbonyl (C=O) groups excluding carboxylic acids is 2. The Morgan fingerprint density at radius 2 is 2.04 bits per heavy atom. The number of allylic oxidation sites excluding steroid dienone is 2. The number of nitrogens with one attached hydrogen (secondary N) is 1. The van der Waals surface area contributed by atoms with Crippen molar-refractivity contribution in [3.8, 4) is 5.75 Å². The number of nitrogens with zero attached hydrogens (tertiary/aromatic N) is 2. The van der Waals surface area contributed by atoms with Gasteiger partial charge in [0.1, 0.15) is 5.75 Å². The minimum Gasteiger partial charge on any atom is -0.495 e. The molecule has 1 aromatic rings. The Balaban J connectivity index is 1.93. The molecule has 1 aromatic carbocycles.